The van der Waals surface area contributed by atoms with Gasteiger partial charge in [0.15, 0.2) is 5.78 Å². The first-order valence-corrected chi connectivity index (χ1v) is 9.86. The largest absolute Gasteiger partial charge is 0.351 e. The number of benzene rings is 3. The number of aromatic nitrogens is 1. The second-order valence-electron chi connectivity index (χ2n) is 7.07. The Morgan fingerprint density at radius 1 is 0.750 bits per heavy atom. The first-order valence-electron chi connectivity index (χ1n) is 9.86. The standard InChI is InChI=1S/C25H19N3O4/c1-16-11-12-21(19(15-16)23(29)17-7-3-2-4-8-17)27-24(30)18-9-5-6-10-20(18)28-25(31)22-13-14-26-32-22/h2-15H,1H3,(H,27,30)(H,28,31). The van der Waals surface area contributed by atoms with E-state index in [1.54, 1.807) is 60.7 Å². The third-order valence-electron chi connectivity index (χ3n) is 4.79. The Balaban J connectivity index is 1.62. The number of nitrogens with one attached hydrogen (secondary N) is 2. The minimum atomic E-state index is -0.530. The minimum absolute atomic E-state index is 0.0227. The summed E-state index contributed by atoms with van der Waals surface area (Å²) in [5.74, 6) is -1.17. The lowest BCUT2D eigenvalue weighted by Gasteiger charge is -2.14. The molecule has 2 amide bonds. The number of ketones is 1. The molecule has 4 rings (SSSR count). The van der Waals surface area contributed by atoms with Crippen molar-refractivity contribution in [3.8, 4) is 0 Å². The maximum Gasteiger partial charge on any atom is 0.294 e. The van der Waals surface area contributed by atoms with Crippen LogP contribution < -0.4 is 10.6 Å². The molecule has 0 atom stereocenters. The van der Waals surface area contributed by atoms with Crippen molar-refractivity contribution in [3.63, 3.8) is 0 Å². The topological polar surface area (TPSA) is 101 Å². The van der Waals surface area contributed by atoms with Gasteiger partial charge in [0.1, 0.15) is 0 Å². The van der Waals surface area contributed by atoms with Gasteiger partial charge in [0, 0.05) is 17.2 Å². The maximum absolute atomic E-state index is 13.1. The maximum atomic E-state index is 13.1. The molecular weight excluding hydrogens is 406 g/mol. The van der Waals surface area contributed by atoms with Gasteiger partial charge in [-0.1, -0.05) is 59.3 Å². The summed E-state index contributed by atoms with van der Waals surface area (Å²) in [6.07, 6.45) is 1.36. The number of amides is 2. The molecule has 0 radical (unpaired) electrons. The van der Waals surface area contributed by atoms with Gasteiger partial charge in [0.2, 0.25) is 5.76 Å². The molecule has 0 bridgehead atoms. The van der Waals surface area contributed by atoms with E-state index in [1.165, 1.54) is 12.3 Å². The first-order chi connectivity index (χ1) is 15.5. The number of anilines is 2. The number of carbonyl (C=O) groups excluding carboxylic acids is 3. The zero-order valence-corrected chi connectivity index (χ0v) is 17.2. The van der Waals surface area contributed by atoms with Gasteiger partial charge in [-0.15, -0.1) is 0 Å². The fourth-order valence-corrected chi connectivity index (χ4v) is 3.20. The average molecular weight is 425 g/mol. The zero-order chi connectivity index (χ0) is 22.5. The van der Waals surface area contributed by atoms with Crippen LogP contribution in [0, 0.1) is 6.92 Å². The smallest absolute Gasteiger partial charge is 0.294 e. The summed E-state index contributed by atoms with van der Waals surface area (Å²) >= 11 is 0. The van der Waals surface area contributed by atoms with Gasteiger partial charge in [-0.2, -0.15) is 0 Å². The molecule has 0 aliphatic rings. The van der Waals surface area contributed by atoms with Crippen LogP contribution in [-0.4, -0.2) is 22.8 Å². The predicted octanol–water partition coefficient (Wildman–Crippen LogP) is 4.72. The van der Waals surface area contributed by atoms with E-state index in [-0.39, 0.29) is 17.1 Å². The number of para-hydroxylation sites is 1. The highest BCUT2D eigenvalue weighted by Gasteiger charge is 2.19. The van der Waals surface area contributed by atoms with Crippen LogP contribution >= 0.6 is 0 Å². The SMILES string of the molecule is Cc1ccc(NC(=O)c2ccccc2NC(=O)c2ccno2)c(C(=O)c2ccccc2)c1. The van der Waals surface area contributed by atoms with E-state index in [2.05, 4.69) is 15.8 Å². The Hall–Kier alpha value is -4.52. The van der Waals surface area contributed by atoms with Gasteiger partial charge in [-0.25, -0.2) is 0 Å². The minimum Gasteiger partial charge on any atom is -0.351 e. The second kappa shape index (κ2) is 9.09. The molecule has 158 valence electrons. The van der Waals surface area contributed by atoms with Crippen molar-refractivity contribution in [2.24, 2.45) is 0 Å². The summed E-state index contributed by atoms with van der Waals surface area (Å²) in [5, 5.41) is 8.97. The normalized spacial score (nSPS) is 10.4. The molecule has 7 nitrogen and oxygen atoms in total. The monoisotopic (exact) mass is 425 g/mol. The quantitative estimate of drug-likeness (QED) is 0.435. The van der Waals surface area contributed by atoms with Crippen LogP contribution in [0.4, 0.5) is 11.4 Å². The van der Waals surface area contributed by atoms with Gasteiger partial charge in [0.25, 0.3) is 11.8 Å². The Bertz CT molecular complexity index is 1280. The van der Waals surface area contributed by atoms with E-state index in [9.17, 15) is 14.4 Å². The Morgan fingerprint density at radius 2 is 1.44 bits per heavy atom. The van der Waals surface area contributed by atoms with E-state index in [0.29, 0.717) is 22.5 Å². The third-order valence-corrected chi connectivity index (χ3v) is 4.79. The van der Waals surface area contributed by atoms with Crippen LogP contribution in [0.25, 0.3) is 0 Å². The number of hydrogen-bond donors (Lipinski definition) is 2. The van der Waals surface area contributed by atoms with Gasteiger partial charge >= 0.3 is 0 Å². The second-order valence-corrected chi connectivity index (χ2v) is 7.07. The molecule has 2 N–H and O–H groups in total. The lowest BCUT2D eigenvalue weighted by atomic mass is 9.99. The fourth-order valence-electron chi connectivity index (χ4n) is 3.20. The Labute approximate surface area is 184 Å². The molecule has 0 spiro atoms. The molecule has 32 heavy (non-hydrogen) atoms. The molecule has 7 heteroatoms. The fraction of sp³-hybridized carbons (Fsp3) is 0.0400. The van der Waals surface area contributed by atoms with Crippen LogP contribution in [0.5, 0.6) is 0 Å². The molecule has 3 aromatic carbocycles. The Morgan fingerprint density at radius 3 is 2.19 bits per heavy atom. The summed E-state index contributed by atoms with van der Waals surface area (Å²) < 4.78 is 4.86. The van der Waals surface area contributed by atoms with Crippen molar-refractivity contribution in [2.45, 2.75) is 6.92 Å². The first kappa shape index (κ1) is 20.7. The van der Waals surface area contributed by atoms with Crippen molar-refractivity contribution >= 4 is 29.0 Å². The van der Waals surface area contributed by atoms with Gasteiger partial charge in [0.05, 0.1) is 23.1 Å². The number of carbonyl (C=O) groups is 3. The molecule has 1 heterocycles. The van der Waals surface area contributed by atoms with Crippen LogP contribution in [0.1, 0.15) is 42.4 Å². The summed E-state index contributed by atoms with van der Waals surface area (Å²) in [7, 11) is 0. The number of aryl methyl sites for hydroxylation is 1. The third kappa shape index (κ3) is 4.46. The van der Waals surface area contributed by atoms with Crippen LogP contribution in [-0.2, 0) is 0 Å². The van der Waals surface area contributed by atoms with Crippen LogP contribution in [0.15, 0.2) is 89.6 Å². The lowest BCUT2D eigenvalue weighted by molar-refractivity contribution is 0.0986. The summed E-state index contributed by atoms with van der Waals surface area (Å²) in [6, 6.07) is 22.1. The van der Waals surface area contributed by atoms with Gasteiger partial charge < -0.3 is 15.2 Å². The van der Waals surface area contributed by atoms with Gasteiger partial charge in [-0.05, 0) is 31.2 Å². The van der Waals surface area contributed by atoms with Crippen molar-refractivity contribution < 1.29 is 18.9 Å². The lowest BCUT2D eigenvalue weighted by Crippen LogP contribution is -2.19. The molecule has 0 saturated heterocycles. The number of hydrogen-bond acceptors (Lipinski definition) is 5. The molecular formula is C25H19N3O4. The highest BCUT2D eigenvalue weighted by Crippen LogP contribution is 2.24. The van der Waals surface area contributed by atoms with E-state index in [4.69, 9.17) is 4.52 Å². The highest BCUT2D eigenvalue weighted by molar-refractivity contribution is 6.17. The zero-order valence-electron chi connectivity index (χ0n) is 17.2. The van der Waals surface area contributed by atoms with Crippen molar-refractivity contribution in [1.29, 1.82) is 0 Å². The molecule has 0 unspecified atom stereocenters. The Kier molecular flexibility index (Phi) is 5.89. The molecule has 0 saturated carbocycles. The van der Waals surface area contributed by atoms with Crippen molar-refractivity contribution in [2.75, 3.05) is 10.6 Å². The predicted molar refractivity (Wildman–Crippen MR) is 120 cm³/mol. The van der Waals surface area contributed by atoms with Crippen molar-refractivity contribution in [3.05, 3.63) is 113 Å². The van der Waals surface area contributed by atoms with Gasteiger partial charge in [-0.3, -0.25) is 14.4 Å². The summed E-state index contributed by atoms with van der Waals surface area (Å²) in [6.45, 7) is 1.88. The summed E-state index contributed by atoms with van der Waals surface area (Å²) in [4.78, 5) is 38.5. The van der Waals surface area contributed by atoms with Crippen molar-refractivity contribution in [1.82, 2.24) is 5.16 Å². The molecule has 0 aliphatic heterocycles. The molecule has 4 aromatic rings. The molecule has 0 aliphatic carbocycles. The van der Waals surface area contributed by atoms with E-state index < -0.39 is 11.8 Å². The summed E-state index contributed by atoms with van der Waals surface area (Å²) in [5.41, 5.74) is 2.71. The van der Waals surface area contributed by atoms with E-state index in [0.717, 1.165) is 5.56 Å². The average Bonchev–Trinajstić information content (AvgIpc) is 3.36. The highest BCUT2D eigenvalue weighted by atomic mass is 16.5. The van der Waals surface area contributed by atoms with E-state index in [1.807, 2.05) is 19.1 Å². The molecule has 0 fully saturated rings. The van der Waals surface area contributed by atoms with Crippen LogP contribution in [0.2, 0.25) is 0 Å². The number of nitrogens with zero attached hydrogens (tertiary/aromatic N) is 1. The molecule has 1 aromatic heterocycles. The van der Waals surface area contributed by atoms with E-state index >= 15 is 0 Å². The number of rotatable bonds is 6. The van der Waals surface area contributed by atoms with Crippen LogP contribution in [0.3, 0.4) is 0 Å².